The molecule has 90 valence electrons. The molecule has 7 heteroatoms. The van der Waals surface area contributed by atoms with Crippen LogP contribution in [0, 0.1) is 11.3 Å². The highest BCUT2D eigenvalue weighted by molar-refractivity contribution is 9.10. The van der Waals surface area contributed by atoms with Gasteiger partial charge in [0.2, 0.25) is 0 Å². The Bertz CT molecular complexity index is 486. The zero-order valence-electron chi connectivity index (χ0n) is 8.71. The standard InChI is InChI=1S/C10H7BrF2N2O2/c1-17-8(16)3-7-6(10(12)13)2-5(4-14)9(11)15-7/h2,10H,3H2,1H3. The minimum Gasteiger partial charge on any atom is -0.469 e. The maximum absolute atomic E-state index is 12.7. The molecule has 0 aliphatic rings. The molecule has 1 heterocycles. The van der Waals surface area contributed by atoms with Crippen molar-refractivity contribution in [1.82, 2.24) is 4.98 Å². The van der Waals surface area contributed by atoms with Crippen LogP contribution in [0.25, 0.3) is 0 Å². The van der Waals surface area contributed by atoms with Crippen molar-refractivity contribution >= 4 is 21.9 Å². The van der Waals surface area contributed by atoms with Crippen molar-refractivity contribution in [1.29, 1.82) is 5.26 Å². The average Bonchev–Trinajstić information content (AvgIpc) is 2.28. The molecule has 0 aliphatic heterocycles. The number of esters is 1. The van der Waals surface area contributed by atoms with Crippen molar-refractivity contribution in [3.63, 3.8) is 0 Å². The van der Waals surface area contributed by atoms with Gasteiger partial charge in [0, 0.05) is 5.56 Å². The van der Waals surface area contributed by atoms with E-state index < -0.39 is 18.0 Å². The van der Waals surface area contributed by atoms with Gasteiger partial charge in [-0.25, -0.2) is 13.8 Å². The molecule has 0 fully saturated rings. The number of pyridine rings is 1. The number of carbonyl (C=O) groups excluding carboxylic acids is 1. The molecule has 0 spiro atoms. The Morgan fingerprint density at radius 2 is 2.35 bits per heavy atom. The highest BCUT2D eigenvalue weighted by Crippen LogP contribution is 2.26. The fourth-order valence-electron chi connectivity index (χ4n) is 1.16. The molecule has 0 bridgehead atoms. The van der Waals surface area contributed by atoms with Crippen LogP contribution in [0.1, 0.15) is 23.2 Å². The highest BCUT2D eigenvalue weighted by atomic mass is 79.9. The van der Waals surface area contributed by atoms with E-state index in [1.165, 1.54) is 0 Å². The van der Waals surface area contributed by atoms with Crippen molar-refractivity contribution < 1.29 is 18.3 Å². The predicted molar refractivity (Wildman–Crippen MR) is 57.3 cm³/mol. The second-order valence-electron chi connectivity index (χ2n) is 3.03. The van der Waals surface area contributed by atoms with Crippen LogP contribution in [0.5, 0.6) is 0 Å². The molecule has 1 aromatic rings. The maximum Gasteiger partial charge on any atom is 0.311 e. The van der Waals surface area contributed by atoms with Crippen molar-refractivity contribution in [2.45, 2.75) is 12.8 Å². The van der Waals surface area contributed by atoms with E-state index in [2.05, 4.69) is 25.7 Å². The summed E-state index contributed by atoms with van der Waals surface area (Å²) in [6.45, 7) is 0. The van der Waals surface area contributed by atoms with Gasteiger partial charge in [0.1, 0.15) is 10.7 Å². The van der Waals surface area contributed by atoms with Crippen LogP contribution in [0.3, 0.4) is 0 Å². The van der Waals surface area contributed by atoms with Gasteiger partial charge in [-0.3, -0.25) is 4.79 Å². The van der Waals surface area contributed by atoms with Gasteiger partial charge in [-0.1, -0.05) is 0 Å². The third kappa shape index (κ3) is 3.20. The van der Waals surface area contributed by atoms with Crippen LogP contribution in [0.4, 0.5) is 8.78 Å². The number of ether oxygens (including phenoxy) is 1. The Morgan fingerprint density at radius 3 is 2.82 bits per heavy atom. The van der Waals surface area contributed by atoms with Gasteiger partial charge >= 0.3 is 5.97 Å². The van der Waals surface area contributed by atoms with E-state index >= 15 is 0 Å². The van der Waals surface area contributed by atoms with Gasteiger partial charge < -0.3 is 4.74 Å². The molecule has 0 saturated carbocycles. The van der Waals surface area contributed by atoms with E-state index in [1.807, 2.05) is 0 Å². The summed E-state index contributed by atoms with van der Waals surface area (Å²) in [5.74, 6) is -0.670. The topological polar surface area (TPSA) is 63.0 Å². The van der Waals surface area contributed by atoms with Gasteiger partial charge in [0.05, 0.1) is 24.8 Å². The first kappa shape index (κ1) is 13.5. The van der Waals surface area contributed by atoms with Crippen LogP contribution in [0.2, 0.25) is 0 Å². The van der Waals surface area contributed by atoms with E-state index in [0.717, 1.165) is 13.2 Å². The van der Waals surface area contributed by atoms with Crippen molar-refractivity contribution in [3.8, 4) is 6.07 Å². The first-order chi connectivity index (χ1) is 7.99. The summed E-state index contributed by atoms with van der Waals surface area (Å²) in [5, 5.41) is 8.69. The molecule has 1 aromatic heterocycles. The third-order valence-corrected chi connectivity index (χ3v) is 2.59. The monoisotopic (exact) mass is 304 g/mol. The molecule has 17 heavy (non-hydrogen) atoms. The molecule has 0 N–H and O–H groups in total. The number of rotatable bonds is 3. The number of carbonyl (C=O) groups is 1. The van der Waals surface area contributed by atoms with Gasteiger partial charge in [0.15, 0.2) is 0 Å². The number of alkyl halides is 2. The lowest BCUT2D eigenvalue weighted by Crippen LogP contribution is -2.10. The molecule has 0 radical (unpaired) electrons. The largest absolute Gasteiger partial charge is 0.469 e. The fourth-order valence-corrected chi connectivity index (χ4v) is 1.58. The maximum atomic E-state index is 12.7. The normalized spacial score (nSPS) is 10.1. The number of hydrogen-bond donors (Lipinski definition) is 0. The van der Waals surface area contributed by atoms with E-state index in [-0.39, 0.29) is 22.3 Å². The second-order valence-corrected chi connectivity index (χ2v) is 3.78. The number of halogens is 3. The van der Waals surface area contributed by atoms with Crippen LogP contribution in [-0.4, -0.2) is 18.1 Å². The number of methoxy groups -OCH3 is 1. The first-order valence-electron chi connectivity index (χ1n) is 4.44. The Kier molecular flexibility index (Phi) is 4.52. The van der Waals surface area contributed by atoms with Crippen LogP contribution in [0.15, 0.2) is 10.7 Å². The lowest BCUT2D eigenvalue weighted by Gasteiger charge is -2.08. The zero-order valence-corrected chi connectivity index (χ0v) is 10.3. The minimum atomic E-state index is -2.80. The quantitative estimate of drug-likeness (QED) is 0.635. The fraction of sp³-hybridized carbons (Fsp3) is 0.300. The van der Waals surface area contributed by atoms with Gasteiger partial charge in [-0.15, -0.1) is 0 Å². The van der Waals surface area contributed by atoms with Crippen LogP contribution < -0.4 is 0 Å². The van der Waals surface area contributed by atoms with Gasteiger partial charge in [-0.2, -0.15) is 5.26 Å². The molecule has 0 atom stereocenters. The van der Waals surface area contributed by atoms with Crippen molar-refractivity contribution in [2.24, 2.45) is 0 Å². The molecule has 0 aromatic carbocycles. The summed E-state index contributed by atoms with van der Waals surface area (Å²) in [5.41, 5.74) is -0.540. The lowest BCUT2D eigenvalue weighted by molar-refractivity contribution is -0.139. The SMILES string of the molecule is COC(=O)Cc1nc(Br)c(C#N)cc1C(F)F. The van der Waals surface area contributed by atoms with E-state index in [9.17, 15) is 13.6 Å². The first-order valence-corrected chi connectivity index (χ1v) is 5.23. The zero-order chi connectivity index (χ0) is 13.0. The molecule has 0 unspecified atom stereocenters. The number of nitrogens with zero attached hydrogens (tertiary/aromatic N) is 2. The summed E-state index contributed by atoms with van der Waals surface area (Å²) in [7, 11) is 1.16. The Hall–Kier alpha value is -1.55. The highest BCUT2D eigenvalue weighted by Gasteiger charge is 2.19. The Morgan fingerprint density at radius 1 is 1.71 bits per heavy atom. The Labute approximate surface area is 104 Å². The Balaban J connectivity index is 3.24. The van der Waals surface area contributed by atoms with Gasteiger partial charge in [0.25, 0.3) is 6.43 Å². The summed E-state index contributed by atoms with van der Waals surface area (Å²) in [6, 6.07) is 2.74. The smallest absolute Gasteiger partial charge is 0.311 e. The summed E-state index contributed by atoms with van der Waals surface area (Å²) in [6.07, 6.45) is -3.16. The van der Waals surface area contributed by atoms with Crippen LogP contribution in [-0.2, 0) is 16.0 Å². The molecular weight excluding hydrogens is 298 g/mol. The molecule has 0 aliphatic carbocycles. The average molecular weight is 305 g/mol. The van der Waals surface area contributed by atoms with E-state index in [1.54, 1.807) is 6.07 Å². The van der Waals surface area contributed by atoms with Crippen LogP contribution >= 0.6 is 15.9 Å². The van der Waals surface area contributed by atoms with Crippen molar-refractivity contribution in [3.05, 3.63) is 27.5 Å². The molecule has 4 nitrogen and oxygen atoms in total. The minimum absolute atomic E-state index is 0.00563. The summed E-state index contributed by atoms with van der Waals surface area (Å²) in [4.78, 5) is 14.8. The number of hydrogen-bond acceptors (Lipinski definition) is 4. The third-order valence-electron chi connectivity index (χ3n) is 1.98. The van der Waals surface area contributed by atoms with Gasteiger partial charge in [-0.05, 0) is 22.0 Å². The summed E-state index contributed by atoms with van der Waals surface area (Å²) >= 11 is 2.97. The lowest BCUT2D eigenvalue weighted by atomic mass is 10.1. The molecule has 0 amide bonds. The predicted octanol–water partition coefficient (Wildman–Crippen LogP) is 2.37. The second kappa shape index (κ2) is 5.68. The molecule has 1 rings (SSSR count). The molecular formula is C10H7BrF2N2O2. The van der Waals surface area contributed by atoms with Crippen molar-refractivity contribution in [2.75, 3.05) is 7.11 Å². The number of nitriles is 1. The molecule has 0 saturated heterocycles. The van der Waals surface area contributed by atoms with E-state index in [0.29, 0.717) is 0 Å². The number of aromatic nitrogens is 1. The summed E-state index contributed by atoms with van der Waals surface area (Å²) < 4.78 is 29.9. The van der Waals surface area contributed by atoms with E-state index in [4.69, 9.17) is 5.26 Å².